The first-order valence-corrected chi connectivity index (χ1v) is 7.39. The van der Waals surface area contributed by atoms with E-state index in [4.69, 9.17) is 22.7 Å². The Morgan fingerprint density at radius 3 is 2.60 bits per heavy atom. The molecule has 1 saturated heterocycles. The van der Waals surface area contributed by atoms with Gasteiger partial charge in [-0.3, -0.25) is 0 Å². The van der Waals surface area contributed by atoms with Crippen LogP contribution in [0.4, 0.5) is 5.82 Å². The van der Waals surface area contributed by atoms with Gasteiger partial charge in [0.1, 0.15) is 4.99 Å². The molecule has 110 valence electrons. The highest BCUT2D eigenvalue weighted by molar-refractivity contribution is 7.80. The largest absolute Gasteiger partial charge is 0.389 e. The van der Waals surface area contributed by atoms with Crippen molar-refractivity contribution in [1.29, 1.82) is 0 Å². The predicted molar refractivity (Wildman–Crippen MR) is 84.0 cm³/mol. The second-order valence-corrected chi connectivity index (χ2v) is 5.82. The van der Waals surface area contributed by atoms with Crippen LogP contribution in [0.5, 0.6) is 0 Å². The van der Waals surface area contributed by atoms with Crippen molar-refractivity contribution in [1.82, 2.24) is 10.2 Å². The predicted octanol–water partition coefficient (Wildman–Crippen LogP) is 1.95. The molecule has 6 heteroatoms. The third kappa shape index (κ3) is 3.24. The van der Waals surface area contributed by atoms with Crippen LogP contribution in [-0.4, -0.2) is 34.4 Å². The van der Waals surface area contributed by atoms with Crippen molar-refractivity contribution in [3.05, 3.63) is 16.8 Å². The van der Waals surface area contributed by atoms with Crippen molar-refractivity contribution in [3.8, 4) is 0 Å². The minimum absolute atomic E-state index is 0.295. The summed E-state index contributed by atoms with van der Waals surface area (Å²) in [5.41, 5.74) is 8.51. The Labute approximate surface area is 125 Å². The molecule has 20 heavy (non-hydrogen) atoms. The van der Waals surface area contributed by atoms with Gasteiger partial charge in [-0.25, -0.2) is 0 Å². The van der Waals surface area contributed by atoms with Crippen molar-refractivity contribution in [3.63, 3.8) is 0 Å². The van der Waals surface area contributed by atoms with Crippen LogP contribution < -0.4 is 11.1 Å². The molecule has 0 amide bonds. The number of aromatic nitrogens is 2. The van der Waals surface area contributed by atoms with Gasteiger partial charge in [0, 0.05) is 19.3 Å². The first-order valence-electron chi connectivity index (χ1n) is 6.98. The first-order chi connectivity index (χ1) is 9.50. The standard InChI is InChI=1S/C14H22N4OS/c1-8-9(2)17-18-14(12(8)13(15)20)16-10(3)11-4-6-19-7-5-11/h10-11H,4-7H2,1-3H3,(H2,15,20)(H,16,18). The Morgan fingerprint density at radius 1 is 1.35 bits per heavy atom. The van der Waals surface area contributed by atoms with E-state index in [-0.39, 0.29) is 0 Å². The highest BCUT2D eigenvalue weighted by Gasteiger charge is 2.22. The first kappa shape index (κ1) is 15.1. The van der Waals surface area contributed by atoms with E-state index in [2.05, 4.69) is 22.4 Å². The van der Waals surface area contributed by atoms with Crippen LogP contribution in [0.3, 0.4) is 0 Å². The smallest absolute Gasteiger partial charge is 0.159 e. The Hall–Kier alpha value is -1.27. The van der Waals surface area contributed by atoms with Gasteiger partial charge in [-0.2, -0.15) is 5.10 Å². The number of anilines is 1. The molecule has 0 saturated carbocycles. The van der Waals surface area contributed by atoms with Gasteiger partial charge in [-0.1, -0.05) is 12.2 Å². The molecule has 0 aliphatic carbocycles. The molecular formula is C14H22N4OS. The molecule has 1 aromatic rings. The third-order valence-corrected chi connectivity index (χ3v) is 4.24. The summed E-state index contributed by atoms with van der Waals surface area (Å²) in [6.45, 7) is 7.71. The second kappa shape index (κ2) is 6.45. The zero-order valence-electron chi connectivity index (χ0n) is 12.3. The number of nitrogens with one attached hydrogen (secondary N) is 1. The fourth-order valence-electron chi connectivity index (χ4n) is 2.56. The Morgan fingerprint density at radius 2 is 2.00 bits per heavy atom. The average Bonchev–Trinajstić information content (AvgIpc) is 2.43. The van der Waals surface area contributed by atoms with Gasteiger partial charge in [0.2, 0.25) is 0 Å². The van der Waals surface area contributed by atoms with Gasteiger partial charge in [-0.05, 0) is 45.1 Å². The summed E-state index contributed by atoms with van der Waals surface area (Å²) in [6.07, 6.45) is 2.13. The summed E-state index contributed by atoms with van der Waals surface area (Å²) in [4.78, 5) is 0.363. The Balaban J connectivity index is 2.20. The van der Waals surface area contributed by atoms with Crippen molar-refractivity contribution in [2.45, 2.75) is 39.7 Å². The monoisotopic (exact) mass is 294 g/mol. The molecule has 0 bridgehead atoms. The molecule has 2 heterocycles. The lowest BCUT2D eigenvalue weighted by atomic mass is 9.93. The average molecular weight is 294 g/mol. The van der Waals surface area contributed by atoms with Crippen molar-refractivity contribution < 1.29 is 4.74 Å². The second-order valence-electron chi connectivity index (χ2n) is 5.38. The lowest BCUT2D eigenvalue weighted by Gasteiger charge is -2.29. The third-order valence-electron chi connectivity index (χ3n) is 4.04. The molecule has 3 N–H and O–H groups in total. The molecule has 1 fully saturated rings. The molecule has 0 spiro atoms. The molecule has 1 atom stereocenters. The number of nitrogens with zero attached hydrogens (tertiary/aromatic N) is 2. The summed E-state index contributed by atoms with van der Waals surface area (Å²) in [6, 6.07) is 0.295. The lowest BCUT2D eigenvalue weighted by Crippen LogP contribution is -2.32. The summed E-state index contributed by atoms with van der Waals surface area (Å²) < 4.78 is 5.40. The minimum atomic E-state index is 0.295. The van der Waals surface area contributed by atoms with E-state index >= 15 is 0 Å². The number of ether oxygens (including phenoxy) is 1. The van der Waals surface area contributed by atoms with Gasteiger partial charge in [0.05, 0.1) is 11.3 Å². The zero-order chi connectivity index (χ0) is 14.7. The van der Waals surface area contributed by atoms with Crippen molar-refractivity contribution in [2.75, 3.05) is 18.5 Å². The lowest BCUT2D eigenvalue weighted by molar-refractivity contribution is 0.0622. The van der Waals surface area contributed by atoms with E-state index in [0.717, 1.165) is 42.9 Å². The van der Waals surface area contributed by atoms with Crippen molar-refractivity contribution >= 4 is 23.0 Å². The van der Waals surface area contributed by atoms with Crippen LogP contribution in [0.15, 0.2) is 0 Å². The maximum Gasteiger partial charge on any atom is 0.159 e. The molecule has 1 aliphatic rings. The number of nitrogens with two attached hydrogens (primary N) is 1. The van der Waals surface area contributed by atoms with E-state index < -0.39 is 0 Å². The number of rotatable bonds is 4. The SMILES string of the molecule is Cc1nnc(NC(C)C2CCOCC2)c(C(N)=S)c1C. The summed E-state index contributed by atoms with van der Waals surface area (Å²) in [7, 11) is 0. The highest BCUT2D eigenvalue weighted by atomic mass is 32.1. The fourth-order valence-corrected chi connectivity index (χ4v) is 2.81. The number of hydrogen-bond acceptors (Lipinski definition) is 5. The van der Waals surface area contributed by atoms with E-state index in [1.54, 1.807) is 0 Å². The summed E-state index contributed by atoms with van der Waals surface area (Å²) >= 11 is 5.16. The van der Waals surface area contributed by atoms with Crippen LogP contribution in [-0.2, 0) is 4.74 Å². The molecule has 0 radical (unpaired) electrons. The molecule has 2 rings (SSSR count). The molecule has 1 unspecified atom stereocenters. The zero-order valence-corrected chi connectivity index (χ0v) is 13.1. The molecule has 5 nitrogen and oxygen atoms in total. The molecule has 1 aromatic heterocycles. The summed E-state index contributed by atoms with van der Waals surface area (Å²) in [5, 5.41) is 11.8. The van der Waals surface area contributed by atoms with Gasteiger partial charge in [0.25, 0.3) is 0 Å². The van der Waals surface area contributed by atoms with Crippen molar-refractivity contribution in [2.24, 2.45) is 11.7 Å². The number of hydrogen-bond donors (Lipinski definition) is 2. The van der Waals surface area contributed by atoms with Gasteiger partial charge in [0.15, 0.2) is 5.82 Å². The maximum absolute atomic E-state index is 5.84. The number of thiocarbonyl (C=S) groups is 1. The maximum atomic E-state index is 5.84. The Kier molecular flexibility index (Phi) is 4.88. The minimum Gasteiger partial charge on any atom is -0.389 e. The van der Waals surface area contributed by atoms with Crippen LogP contribution in [0.25, 0.3) is 0 Å². The Bertz CT molecular complexity index is 500. The van der Waals surface area contributed by atoms with Crippen LogP contribution in [0, 0.1) is 19.8 Å². The van der Waals surface area contributed by atoms with Crippen LogP contribution >= 0.6 is 12.2 Å². The van der Waals surface area contributed by atoms with E-state index in [1.165, 1.54) is 0 Å². The normalized spacial score (nSPS) is 17.8. The van der Waals surface area contributed by atoms with E-state index in [9.17, 15) is 0 Å². The fraction of sp³-hybridized carbons (Fsp3) is 0.643. The summed E-state index contributed by atoms with van der Waals surface area (Å²) in [5.74, 6) is 1.27. The van der Waals surface area contributed by atoms with E-state index in [1.807, 2.05) is 13.8 Å². The quantitative estimate of drug-likeness (QED) is 0.827. The topological polar surface area (TPSA) is 73.1 Å². The molecule has 0 aromatic carbocycles. The molecule has 1 aliphatic heterocycles. The van der Waals surface area contributed by atoms with Crippen LogP contribution in [0.1, 0.15) is 36.6 Å². The van der Waals surface area contributed by atoms with E-state index in [0.29, 0.717) is 22.8 Å². The van der Waals surface area contributed by atoms with Gasteiger partial charge < -0.3 is 15.8 Å². The van der Waals surface area contributed by atoms with Gasteiger partial charge in [-0.15, -0.1) is 5.10 Å². The highest BCUT2D eigenvalue weighted by Crippen LogP contribution is 2.24. The van der Waals surface area contributed by atoms with Crippen LogP contribution in [0.2, 0.25) is 0 Å². The van der Waals surface area contributed by atoms with Gasteiger partial charge >= 0.3 is 0 Å². The number of aryl methyl sites for hydroxylation is 1. The molecular weight excluding hydrogens is 272 g/mol.